The van der Waals surface area contributed by atoms with Crippen molar-refractivity contribution in [2.75, 3.05) is 43.9 Å². The summed E-state index contributed by atoms with van der Waals surface area (Å²) in [5, 5.41) is 8.29. The Morgan fingerprint density at radius 2 is 1.68 bits per heavy atom. The third-order valence-electron chi connectivity index (χ3n) is 4.26. The minimum atomic E-state index is -0.248. The standard InChI is InChI=1S/C20H22N4O4/c1-28-17-8-6-16(7-9-17)23-20(27)14-2-4-15(5-3-14)22-19(26)13-24-11-10-21-18(25)12-24/h2-9H,10-13H2,1H3,(H,21,25)(H,22,26)(H,23,27). The summed E-state index contributed by atoms with van der Waals surface area (Å²) in [6.07, 6.45) is 0. The van der Waals surface area contributed by atoms with Crippen LogP contribution in [0.1, 0.15) is 10.4 Å². The molecule has 1 fully saturated rings. The second-order valence-corrected chi connectivity index (χ2v) is 6.37. The van der Waals surface area contributed by atoms with Crippen LogP contribution in [-0.2, 0) is 9.59 Å². The van der Waals surface area contributed by atoms with Gasteiger partial charge in [-0.25, -0.2) is 0 Å². The highest BCUT2D eigenvalue weighted by molar-refractivity contribution is 6.04. The third-order valence-corrected chi connectivity index (χ3v) is 4.26. The van der Waals surface area contributed by atoms with Gasteiger partial charge in [-0.05, 0) is 48.5 Å². The molecule has 0 unspecified atom stereocenters. The van der Waals surface area contributed by atoms with E-state index in [-0.39, 0.29) is 30.8 Å². The van der Waals surface area contributed by atoms with Gasteiger partial charge in [-0.3, -0.25) is 19.3 Å². The minimum absolute atomic E-state index is 0.0775. The van der Waals surface area contributed by atoms with E-state index in [9.17, 15) is 14.4 Å². The minimum Gasteiger partial charge on any atom is -0.497 e. The van der Waals surface area contributed by atoms with Gasteiger partial charge in [0.25, 0.3) is 5.91 Å². The van der Waals surface area contributed by atoms with E-state index in [0.717, 1.165) is 0 Å². The zero-order valence-electron chi connectivity index (χ0n) is 15.5. The highest BCUT2D eigenvalue weighted by Crippen LogP contribution is 2.17. The Morgan fingerprint density at radius 1 is 1.04 bits per heavy atom. The molecule has 0 bridgehead atoms. The lowest BCUT2D eigenvalue weighted by Gasteiger charge is -2.25. The Kier molecular flexibility index (Phi) is 6.23. The molecule has 3 amide bonds. The molecule has 8 nitrogen and oxygen atoms in total. The zero-order valence-corrected chi connectivity index (χ0v) is 15.5. The van der Waals surface area contributed by atoms with Gasteiger partial charge in [-0.1, -0.05) is 0 Å². The summed E-state index contributed by atoms with van der Waals surface area (Å²) in [5.74, 6) is 0.182. The fraction of sp³-hybridized carbons (Fsp3) is 0.250. The fourth-order valence-electron chi connectivity index (χ4n) is 2.81. The number of nitrogens with one attached hydrogen (secondary N) is 3. The van der Waals surface area contributed by atoms with Gasteiger partial charge >= 0.3 is 0 Å². The van der Waals surface area contributed by atoms with Gasteiger partial charge in [-0.15, -0.1) is 0 Å². The van der Waals surface area contributed by atoms with Crippen molar-refractivity contribution in [3.63, 3.8) is 0 Å². The summed E-state index contributed by atoms with van der Waals surface area (Å²) < 4.78 is 5.09. The monoisotopic (exact) mass is 382 g/mol. The van der Waals surface area contributed by atoms with E-state index in [4.69, 9.17) is 4.74 Å². The molecule has 1 aliphatic rings. The molecule has 3 rings (SSSR count). The van der Waals surface area contributed by atoms with Gasteiger partial charge in [0.15, 0.2) is 0 Å². The van der Waals surface area contributed by atoms with Crippen LogP contribution in [0.5, 0.6) is 5.75 Å². The molecule has 1 heterocycles. The molecule has 3 N–H and O–H groups in total. The van der Waals surface area contributed by atoms with Crippen LogP contribution in [-0.4, -0.2) is 55.9 Å². The summed E-state index contributed by atoms with van der Waals surface area (Å²) in [7, 11) is 1.58. The molecule has 28 heavy (non-hydrogen) atoms. The fourth-order valence-corrected chi connectivity index (χ4v) is 2.81. The molecule has 0 aromatic heterocycles. The number of anilines is 2. The zero-order chi connectivity index (χ0) is 19.9. The number of carbonyl (C=O) groups excluding carboxylic acids is 3. The van der Waals surface area contributed by atoms with Crippen molar-refractivity contribution in [3.8, 4) is 5.75 Å². The first-order valence-electron chi connectivity index (χ1n) is 8.88. The van der Waals surface area contributed by atoms with Crippen LogP contribution in [0, 0.1) is 0 Å². The van der Waals surface area contributed by atoms with Crippen LogP contribution in [0.3, 0.4) is 0 Å². The van der Waals surface area contributed by atoms with Crippen molar-refractivity contribution in [1.29, 1.82) is 0 Å². The molecule has 0 aliphatic carbocycles. The number of benzene rings is 2. The number of ether oxygens (including phenoxy) is 1. The van der Waals surface area contributed by atoms with Crippen LogP contribution in [0.4, 0.5) is 11.4 Å². The molecule has 0 saturated carbocycles. The van der Waals surface area contributed by atoms with Gasteiger partial charge in [0.05, 0.1) is 20.2 Å². The molecular formula is C20H22N4O4. The van der Waals surface area contributed by atoms with Gasteiger partial charge in [-0.2, -0.15) is 0 Å². The second kappa shape index (κ2) is 9.01. The van der Waals surface area contributed by atoms with Crippen LogP contribution in [0.15, 0.2) is 48.5 Å². The summed E-state index contributed by atoms with van der Waals surface area (Å²) >= 11 is 0. The van der Waals surface area contributed by atoms with E-state index in [1.165, 1.54) is 0 Å². The highest BCUT2D eigenvalue weighted by Gasteiger charge is 2.18. The van der Waals surface area contributed by atoms with E-state index < -0.39 is 0 Å². The lowest BCUT2D eigenvalue weighted by molar-refractivity contribution is -0.125. The first-order chi connectivity index (χ1) is 13.5. The smallest absolute Gasteiger partial charge is 0.255 e. The van der Waals surface area contributed by atoms with E-state index in [1.807, 2.05) is 0 Å². The molecule has 2 aromatic carbocycles. The highest BCUT2D eigenvalue weighted by atomic mass is 16.5. The Morgan fingerprint density at radius 3 is 2.32 bits per heavy atom. The number of hydrogen-bond donors (Lipinski definition) is 3. The largest absolute Gasteiger partial charge is 0.497 e. The third kappa shape index (κ3) is 5.31. The van der Waals surface area contributed by atoms with E-state index >= 15 is 0 Å². The first kappa shape index (κ1) is 19.4. The average molecular weight is 382 g/mol. The molecule has 0 spiro atoms. The van der Waals surface area contributed by atoms with Crippen LogP contribution < -0.4 is 20.7 Å². The molecule has 0 radical (unpaired) electrons. The Balaban J connectivity index is 1.52. The molecule has 1 aliphatic heterocycles. The molecule has 2 aromatic rings. The van der Waals surface area contributed by atoms with E-state index in [0.29, 0.717) is 35.8 Å². The number of hydrogen-bond acceptors (Lipinski definition) is 5. The topological polar surface area (TPSA) is 99.8 Å². The number of piperazine rings is 1. The Labute approximate surface area is 162 Å². The first-order valence-corrected chi connectivity index (χ1v) is 8.88. The molecule has 146 valence electrons. The number of amides is 3. The maximum absolute atomic E-state index is 12.3. The Hall–Kier alpha value is -3.39. The van der Waals surface area contributed by atoms with Crippen molar-refractivity contribution in [2.45, 2.75) is 0 Å². The number of rotatable bonds is 6. The summed E-state index contributed by atoms with van der Waals surface area (Å²) in [5.41, 5.74) is 1.72. The SMILES string of the molecule is COc1ccc(NC(=O)c2ccc(NC(=O)CN3CCNC(=O)C3)cc2)cc1. The van der Waals surface area contributed by atoms with Crippen molar-refractivity contribution >= 4 is 29.1 Å². The second-order valence-electron chi connectivity index (χ2n) is 6.37. The lowest BCUT2D eigenvalue weighted by Crippen LogP contribution is -2.49. The predicted octanol–water partition coefficient (Wildman–Crippen LogP) is 1.32. The van der Waals surface area contributed by atoms with Crippen LogP contribution in [0.2, 0.25) is 0 Å². The lowest BCUT2D eigenvalue weighted by atomic mass is 10.2. The maximum atomic E-state index is 12.3. The van der Waals surface area contributed by atoms with Crippen LogP contribution >= 0.6 is 0 Å². The van der Waals surface area contributed by atoms with Crippen molar-refractivity contribution in [3.05, 3.63) is 54.1 Å². The molecule has 0 atom stereocenters. The molecular weight excluding hydrogens is 360 g/mol. The van der Waals surface area contributed by atoms with Crippen molar-refractivity contribution in [1.82, 2.24) is 10.2 Å². The van der Waals surface area contributed by atoms with Crippen molar-refractivity contribution < 1.29 is 19.1 Å². The molecule has 8 heteroatoms. The van der Waals surface area contributed by atoms with Gasteiger partial charge in [0.2, 0.25) is 11.8 Å². The number of carbonyl (C=O) groups is 3. The van der Waals surface area contributed by atoms with Gasteiger partial charge in [0, 0.05) is 30.0 Å². The van der Waals surface area contributed by atoms with E-state index in [2.05, 4.69) is 16.0 Å². The summed E-state index contributed by atoms with van der Waals surface area (Å²) in [4.78, 5) is 37.6. The summed E-state index contributed by atoms with van der Waals surface area (Å²) in [6, 6.07) is 13.7. The van der Waals surface area contributed by atoms with Gasteiger partial charge in [0.1, 0.15) is 5.75 Å². The molecule has 1 saturated heterocycles. The summed E-state index contributed by atoms with van der Waals surface area (Å²) in [6.45, 7) is 1.55. The maximum Gasteiger partial charge on any atom is 0.255 e. The average Bonchev–Trinajstić information content (AvgIpc) is 2.69. The predicted molar refractivity (Wildman–Crippen MR) is 105 cm³/mol. The number of methoxy groups -OCH3 is 1. The van der Waals surface area contributed by atoms with Gasteiger partial charge < -0.3 is 20.7 Å². The Bertz CT molecular complexity index is 850. The van der Waals surface area contributed by atoms with Crippen molar-refractivity contribution in [2.24, 2.45) is 0 Å². The van der Waals surface area contributed by atoms with Crippen LogP contribution in [0.25, 0.3) is 0 Å². The number of nitrogens with zero attached hydrogens (tertiary/aromatic N) is 1. The quantitative estimate of drug-likeness (QED) is 0.700. The normalized spacial score (nSPS) is 14.1. The van der Waals surface area contributed by atoms with E-state index in [1.54, 1.807) is 60.5 Å².